The number of aromatic hydroxyl groups is 1. The Kier molecular flexibility index (Phi) is 4.56. The first-order valence-electron chi connectivity index (χ1n) is 6.50. The molecule has 1 atom stereocenters. The van der Waals surface area contributed by atoms with Gasteiger partial charge in [0.15, 0.2) is 0 Å². The normalized spacial score (nSPS) is 12.8. The largest absolute Gasteiger partial charge is 0.506 e. The summed E-state index contributed by atoms with van der Waals surface area (Å²) < 4.78 is 0. The summed E-state index contributed by atoms with van der Waals surface area (Å²) in [6.07, 6.45) is 0. The molecule has 0 aliphatic carbocycles. The number of hydrogen-bond donors (Lipinski definition) is 2. The van der Waals surface area contributed by atoms with Crippen LogP contribution in [0.4, 0.5) is 0 Å². The van der Waals surface area contributed by atoms with Gasteiger partial charge in [-0.15, -0.1) is 11.3 Å². The van der Waals surface area contributed by atoms with Crippen LogP contribution < -0.4 is 5.32 Å². The summed E-state index contributed by atoms with van der Waals surface area (Å²) in [7, 11) is 0. The number of nitrogens with zero attached hydrogens (tertiary/aromatic N) is 1. The average Bonchev–Trinajstić information content (AvgIpc) is 2.87. The second kappa shape index (κ2) is 6.17. The number of nitrogens with one attached hydrogen (secondary N) is 1. The summed E-state index contributed by atoms with van der Waals surface area (Å²) in [6.45, 7) is 6.90. The summed E-state index contributed by atoms with van der Waals surface area (Å²) in [4.78, 5) is 5.70. The highest BCUT2D eigenvalue weighted by atomic mass is 32.1. The van der Waals surface area contributed by atoms with Crippen LogP contribution in [-0.2, 0) is 6.54 Å². The van der Waals surface area contributed by atoms with Crippen LogP contribution in [0.3, 0.4) is 0 Å². The molecule has 2 aromatic heterocycles. The Morgan fingerprint density at radius 3 is 2.74 bits per heavy atom. The Bertz CT molecular complexity index is 523. The first kappa shape index (κ1) is 14.0. The van der Waals surface area contributed by atoms with E-state index in [1.807, 2.05) is 13.0 Å². The van der Waals surface area contributed by atoms with Gasteiger partial charge in [-0.2, -0.15) is 0 Å². The van der Waals surface area contributed by atoms with Crippen molar-refractivity contribution in [2.45, 2.75) is 33.4 Å². The lowest BCUT2D eigenvalue weighted by Crippen LogP contribution is -2.25. The maximum absolute atomic E-state index is 9.82. The van der Waals surface area contributed by atoms with Crippen molar-refractivity contribution in [2.24, 2.45) is 5.92 Å². The van der Waals surface area contributed by atoms with Crippen LogP contribution in [0.15, 0.2) is 29.6 Å². The third-order valence-corrected chi connectivity index (χ3v) is 4.05. The average molecular weight is 276 g/mol. The third-order valence-electron chi connectivity index (χ3n) is 3.10. The van der Waals surface area contributed by atoms with E-state index in [4.69, 9.17) is 0 Å². The molecule has 0 spiro atoms. The second-order valence-electron chi connectivity index (χ2n) is 5.04. The summed E-state index contributed by atoms with van der Waals surface area (Å²) in [6, 6.07) is 8.03. The zero-order valence-corrected chi connectivity index (χ0v) is 12.4. The lowest BCUT2D eigenvalue weighted by molar-refractivity contribution is 0.403. The molecule has 2 heterocycles. The number of rotatable bonds is 5. The number of thiophene rings is 1. The highest BCUT2D eigenvalue weighted by molar-refractivity contribution is 7.10. The molecule has 2 N–H and O–H groups in total. The van der Waals surface area contributed by atoms with Gasteiger partial charge in [0.25, 0.3) is 0 Å². The van der Waals surface area contributed by atoms with Crippen molar-refractivity contribution in [1.29, 1.82) is 0 Å². The van der Waals surface area contributed by atoms with E-state index in [2.05, 4.69) is 41.7 Å². The molecule has 0 radical (unpaired) electrons. The molecule has 3 nitrogen and oxygen atoms in total. The highest BCUT2D eigenvalue weighted by Crippen LogP contribution is 2.26. The number of pyridine rings is 1. The topological polar surface area (TPSA) is 45.1 Å². The fraction of sp³-hybridized carbons (Fsp3) is 0.400. The van der Waals surface area contributed by atoms with E-state index in [-0.39, 0.29) is 5.75 Å². The molecule has 4 heteroatoms. The highest BCUT2D eigenvalue weighted by Gasteiger charge is 2.17. The maximum Gasteiger partial charge on any atom is 0.138 e. The van der Waals surface area contributed by atoms with Crippen molar-refractivity contribution >= 4 is 11.3 Å². The quantitative estimate of drug-likeness (QED) is 0.876. The summed E-state index contributed by atoms with van der Waals surface area (Å²) in [5.41, 5.74) is 1.63. The van der Waals surface area contributed by atoms with Crippen LogP contribution in [0, 0.1) is 12.8 Å². The first-order valence-corrected chi connectivity index (χ1v) is 7.38. The number of hydrogen-bond acceptors (Lipinski definition) is 4. The molecular formula is C15H20N2OS. The van der Waals surface area contributed by atoms with Crippen LogP contribution >= 0.6 is 11.3 Å². The third kappa shape index (κ3) is 3.55. The molecule has 0 bridgehead atoms. The van der Waals surface area contributed by atoms with Gasteiger partial charge in [-0.25, -0.2) is 0 Å². The van der Waals surface area contributed by atoms with Gasteiger partial charge in [0.2, 0.25) is 0 Å². The Morgan fingerprint density at radius 2 is 2.11 bits per heavy atom. The molecule has 2 aromatic rings. The van der Waals surface area contributed by atoms with Crippen LogP contribution in [0.25, 0.3) is 0 Å². The molecular weight excluding hydrogens is 256 g/mol. The van der Waals surface area contributed by atoms with Gasteiger partial charge in [0.1, 0.15) is 5.75 Å². The molecule has 1 unspecified atom stereocenters. The van der Waals surface area contributed by atoms with Gasteiger partial charge in [-0.1, -0.05) is 19.9 Å². The van der Waals surface area contributed by atoms with Crippen LogP contribution in [0.2, 0.25) is 0 Å². The molecule has 0 aliphatic heterocycles. The standard InChI is InChI=1S/C15H20N2OS/c1-10(2)15(14-5-4-8-19-14)16-9-12-13(18)7-6-11(3)17-12/h4-8,10,15-16,18H,9H2,1-3H3. The van der Waals surface area contributed by atoms with Crippen molar-refractivity contribution in [1.82, 2.24) is 10.3 Å². The molecule has 0 fully saturated rings. The number of aryl methyl sites for hydroxylation is 1. The summed E-state index contributed by atoms with van der Waals surface area (Å²) in [5.74, 6) is 0.748. The first-order chi connectivity index (χ1) is 9.08. The van der Waals surface area contributed by atoms with Crippen molar-refractivity contribution in [2.75, 3.05) is 0 Å². The van der Waals surface area contributed by atoms with Gasteiger partial charge in [0, 0.05) is 23.2 Å². The number of aromatic nitrogens is 1. The predicted molar refractivity (Wildman–Crippen MR) is 79.4 cm³/mol. The minimum atomic E-state index is 0.256. The van der Waals surface area contributed by atoms with Gasteiger partial charge >= 0.3 is 0 Å². The molecule has 2 rings (SSSR count). The Labute approximate surface area is 118 Å². The van der Waals surface area contributed by atoms with Crippen molar-refractivity contribution < 1.29 is 5.11 Å². The van der Waals surface area contributed by atoms with E-state index in [9.17, 15) is 5.11 Å². The van der Waals surface area contributed by atoms with E-state index >= 15 is 0 Å². The minimum Gasteiger partial charge on any atom is -0.506 e. The SMILES string of the molecule is Cc1ccc(O)c(CNC(c2cccs2)C(C)C)n1. The maximum atomic E-state index is 9.82. The van der Waals surface area contributed by atoms with E-state index in [0.29, 0.717) is 24.2 Å². The van der Waals surface area contributed by atoms with E-state index in [0.717, 1.165) is 5.69 Å². The zero-order valence-electron chi connectivity index (χ0n) is 11.6. The minimum absolute atomic E-state index is 0.256. The fourth-order valence-electron chi connectivity index (χ4n) is 2.07. The summed E-state index contributed by atoms with van der Waals surface area (Å²) in [5, 5.41) is 15.4. The van der Waals surface area contributed by atoms with E-state index < -0.39 is 0 Å². The molecule has 19 heavy (non-hydrogen) atoms. The monoisotopic (exact) mass is 276 g/mol. The lowest BCUT2D eigenvalue weighted by atomic mass is 10.0. The molecule has 0 saturated carbocycles. The molecule has 0 aromatic carbocycles. The van der Waals surface area contributed by atoms with E-state index in [1.165, 1.54) is 4.88 Å². The molecule has 0 aliphatic rings. The molecule has 102 valence electrons. The van der Waals surface area contributed by atoms with Gasteiger partial charge in [0.05, 0.1) is 5.69 Å². The lowest BCUT2D eigenvalue weighted by Gasteiger charge is -2.21. The smallest absolute Gasteiger partial charge is 0.138 e. The second-order valence-corrected chi connectivity index (χ2v) is 6.02. The van der Waals surface area contributed by atoms with Gasteiger partial charge < -0.3 is 10.4 Å². The Balaban J connectivity index is 2.09. The fourth-order valence-corrected chi connectivity index (χ4v) is 3.05. The Morgan fingerprint density at radius 1 is 1.32 bits per heavy atom. The Hall–Kier alpha value is -1.39. The van der Waals surface area contributed by atoms with Crippen molar-refractivity contribution in [3.8, 4) is 5.75 Å². The van der Waals surface area contributed by atoms with E-state index in [1.54, 1.807) is 17.4 Å². The van der Waals surface area contributed by atoms with Crippen LogP contribution in [0.5, 0.6) is 5.75 Å². The zero-order chi connectivity index (χ0) is 13.8. The predicted octanol–water partition coefficient (Wildman–Crippen LogP) is 3.64. The summed E-state index contributed by atoms with van der Waals surface area (Å²) >= 11 is 1.76. The molecule has 0 saturated heterocycles. The van der Waals surface area contributed by atoms with Crippen LogP contribution in [0.1, 0.15) is 36.2 Å². The molecule has 0 amide bonds. The van der Waals surface area contributed by atoms with Gasteiger partial charge in [-0.3, -0.25) is 4.98 Å². The van der Waals surface area contributed by atoms with Crippen molar-refractivity contribution in [3.05, 3.63) is 45.9 Å². The van der Waals surface area contributed by atoms with Crippen molar-refractivity contribution in [3.63, 3.8) is 0 Å². The van der Waals surface area contributed by atoms with Gasteiger partial charge in [-0.05, 0) is 36.4 Å². The van der Waals surface area contributed by atoms with Crippen LogP contribution in [-0.4, -0.2) is 10.1 Å².